The van der Waals surface area contributed by atoms with Crippen molar-refractivity contribution < 1.29 is 14.0 Å². The van der Waals surface area contributed by atoms with Crippen molar-refractivity contribution in [2.45, 2.75) is 57.7 Å². The van der Waals surface area contributed by atoms with E-state index in [1.54, 1.807) is 12.1 Å². The number of hydrogen-bond acceptors (Lipinski definition) is 4. The quantitative estimate of drug-likeness (QED) is 0.785. The van der Waals surface area contributed by atoms with Gasteiger partial charge in [0.15, 0.2) is 5.82 Å². The molecule has 0 saturated carbocycles. The van der Waals surface area contributed by atoms with Gasteiger partial charge >= 0.3 is 6.03 Å². The summed E-state index contributed by atoms with van der Waals surface area (Å²) in [5.41, 5.74) is 0.782. The van der Waals surface area contributed by atoms with Crippen molar-refractivity contribution in [2.24, 2.45) is 0 Å². The molecule has 2 aliphatic heterocycles. The number of hydrogen-bond donors (Lipinski definition) is 2. The van der Waals surface area contributed by atoms with Crippen LogP contribution in [0.4, 0.5) is 9.18 Å². The largest absolute Gasteiger partial charge is 0.334 e. The minimum Gasteiger partial charge on any atom is -0.334 e. The van der Waals surface area contributed by atoms with E-state index in [1.807, 2.05) is 4.90 Å². The fraction of sp³-hybridized carbons (Fsp3) is 0.524. The molecule has 1 unspecified atom stereocenters. The zero-order valence-electron chi connectivity index (χ0n) is 16.9. The van der Waals surface area contributed by atoms with Gasteiger partial charge < -0.3 is 20.1 Å². The zero-order chi connectivity index (χ0) is 20.9. The minimum atomic E-state index is -0.431. The number of halogens is 1. The molecular weight excluding hydrogens is 387 g/mol. The van der Waals surface area contributed by atoms with E-state index in [0.29, 0.717) is 6.54 Å². The maximum absolute atomic E-state index is 12.9. The van der Waals surface area contributed by atoms with Gasteiger partial charge in [0, 0.05) is 26.1 Å². The van der Waals surface area contributed by atoms with Gasteiger partial charge in [0.1, 0.15) is 11.6 Å². The van der Waals surface area contributed by atoms with Crippen molar-refractivity contribution in [3.8, 4) is 0 Å². The molecule has 1 saturated heterocycles. The van der Waals surface area contributed by atoms with Gasteiger partial charge in [-0.05, 0) is 43.4 Å². The number of urea groups is 1. The van der Waals surface area contributed by atoms with E-state index >= 15 is 0 Å². The summed E-state index contributed by atoms with van der Waals surface area (Å²) in [4.78, 5) is 26.6. The number of nitrogens with zero attached hydrogens (tertiary/aromatic N) is 4. The Hall–Kier alpha value is -2.97. The molecule has 0 radical (unpaired) electrons. The van der Waals surface area contributed by atoms with Crippen molar-refractivity contribution in [3.63, 3.8) is 0 Å². The Balaban J connectivity index is 1.31. The summed E-state index contributed by atoms with van der Waals surface area (Å²) in [6.07, 6.45) is 6.13. The van der Waals surface area contributed by atoms with E-state index in [1.165, 1.54) is 18.6 Å². The Morgan fingerprint density at radius 3 is 2.70 bits per heavy atom. The molecule has 0 spiro atoms. The second-order valence-electron chi connectivity index (χ2n) is 7.84. The summed E-state index contributed by atoms with van der Waals surface area (Å²) in [6.45, 7) is 1.75. The molecule has 2 N–H and O–H groups in total. The van der Waals surface area contributed by atoms with Crippen molar-refractivity contribution >= 4 is 11.9 Å². The molecule has 4 rings (SSSR count). The van der Waals surface area contributed by atoms with Gasteiger partial charge in [-0.2, -0.15) is 0 Å². The summed E-state index contributed by atoms with van der Waals surface area (Å²) in [5, 5.41) is 14.1. The fourth-order valence-corrected chi connectivity index (χ4v) is 4.19. The van der Waals surface area contributed by atoms with Gasteiger partial charge in [-0.3, -0.25) is 4.79 Å². The highest BCUT2D eigenvalue weighted by Gasteiger charge is 2.34. The maximum atomic E-state index is 12.9. The number of fused-ring (bicyclic) bond motifs is 1. The number of amides is 3. The van der Waals surface area contributed by atoms with Crippen LogP contribution in [0, 0.1) is 5.82 Å². The average Bonchev–Trinajstić information content (AvgIpc) is 3.32. The molecule has 2 aliphatic rings. The summed E-state index contributed by atoms with van der Waals surface area (Å²) in [6, 6.07) is 5.39. The normalized spacial score (nSPS) is 18.6. The van der Waals surface area contributed by atoms with Crippen LogP contribution in [-0.2, 0) is 24.3 Å². The van der Waals surface area contributed by atoms with Crippen LogP contribution in [0.15, 0.2) is 24.3 Å². The molecule has 2 aromatic rings. The van der Waals surface area contributed by atoms with Crippen molar-refractivity contribution in [2.75, 3.05) is 13.1 Å². The zero-order valence-corrected chi connectivity index (χ0v) is 16.9. The second kappa shape index (κ2) is 9.23. The van der Waals surface area contributed by atoms with E-state index in [2.05, 4.69) is 25.4 Å². The number of aromatic nitrogens is 3. The molecule has 1 aromatic heterocycles. The summed E-state index contributed by atoms with van der Waals surface area (Å²) >= 11 is 0. The number of carbonyl (C=O) groups excluding carboxylic acids is 2. The highest BCUT2D eigenvalue weighted by Crippen LogP contribution is 2.32. The van der Waals surface area contributed by atoms with Crippen LogP contribution < -0.4 is 10.6 Å². The molecule has 8 nitrogen and oxygen atoms in total. The topological polar surface area (TPSA) is 92.2 Å². The molecular formula is C21H27FN6O2. The van der Waals surface area contributed by atoms with E-state index in [4.69, 9.17) is 0 Å². The summed E-state index contributed by atoms with van der Waals surface area (Å²) < 4.78 is 15.1. The molecule has 30 heavy (non-hydrogen) atoms. The first-order valence-corrected chi connectivity index (χ1v) is 10.6. The highest BCUT2D eigenvalue weighted by atomic mass is 19.1. The lowest BCUT2D eigenvalue weighted by molar-refractivity contribution is -0.131. The Kier molecular flexibility index (Phi) is 6.25. The van der Waals surface area contributed by atoms with Crippen LogP contribution in [0.2, 0.25) is 0 Å². The number of nitrogens with one attached hydrogen (secondary N) is 2. The lowest BCUT2D eigenvalue weighted by Crippen LogP contribution is -2.43. The van der Waals surface area contributed by atoms with Gasteiger partial charge in [-0.25, -0.2) is 9.18 Å². The lowest BCUT2D eigenvalue weighted by atomic mass is 10.2. The smallest absolute Gasteiger partial charge is 0.315 e. The first-order valence-electron chi connectivity index (χ1n) is 10.6. The van der Waals surface area contributed by atoms with E-state index in [0.717, 1.165) is 55.9 Å². The fourth-order valence-electron chi connectivity index (χ4n) is 4.19. The van der Waals surface area contributed by atoms with Crippen LogP contribution in [0.1, 0.15) is 55.4 Å². The van der Waals surface area contributed by atoms with Crippen LogP contribution in [0.25, 0.3) is 0 Å². The number of rotatable bonds is 5. The molecule has 1 aromatic carbocycles. The number of likely N-dealkylation sites (tertiary alicyclic amines) is 1. The minimum absolute atomic E-state index is 0.0766. The molecule has 160 valence electrons. The number of aryl methyl sites for hydroxylation is 1. The molecule has 0 bridgehead atoms. The van der Waals surface area contributed by atoms with Gasteiger partial charge in [0.25, 0.3) is 0 Å². The monoisotopic (exact) mass is 414 g/mol. The highest BCUT2D eigenvalue weighted by molar-refractivity contribution is 5.84. The van der Waals surface area contributed by atoms with Crippen LogP contribution in [0.3, 0.4) is 0 Å². The third kappa shape index (κ3) is 4.60. The Morgan fingerprint density at radius 1 is 1.03 bits per heavy atom. The predicted octanol–water partition coefficient (Wildman–Crippen LogP) is 2.31. The number of carbonyl (C=O) groups is 2. The average molecular weight is 414 g/mol. The standard InChI is InChI=1S/C21H27FN6O2/c22-16-9-7-15(8-10-16)13-23-21(30)24-14-19(29)27-12-4-5-17(27)20-26-25-18-6-2-1-3-11-28(18)20/h7-10,17H,1-6,11-14H2,(H2,23,24,30). The van der Waals surface area contributed by atoms with E-state index < -0.39 is 6.03 Å². The van der Waals surface area contributed by atoms with Crippen LogP contribution in [-0.4, -0.2) is 44.7 Å². The number of benzene rings is 1. The van der Waals surface area contributed by atoms with Crippen molar-refractivity contribution in [1.29, 1.82) is 0 Å². The molecule has 9 heteroatoms. The Bertz CT molecular complexity index is 897. The third-order valence-corrected chi connectivity index (χ3v) is 5.78. The van der Waals surface area contributed by atoms with E-state index in [-0.39, 0.29) is 30.9 Å². The van der Waals surface area contributed by atoms with E-state index in [9.17, 15) is 14.0 Å². The van der Waals surface area contributed by atoms with Crippen LogP contribution >= 0.6 is 0 Å². The second-order valence-corrected chi connectivity index (χ2v) is 7.84. The predicted molar refractivity (Wildman–Crippen MR) is 108 cm³/mol. The van der Waals surface area contributed by atoms with Gasteiger partial charge in [-0.15, -0.1) is 10.2 Å². The Labute approximate surface area is 174 Å². The molecule has 3 amide bonds. The Morgan fingerprint density at radius 2 is 1.87 bits per heavy atom. The van der Waals surface area contributed by atoms with Crippen molar-refractivity contribution in [1.82, 2.24) is 30.3 Å². The SMILES string of the molecule is O=C(NCC(=O)N1CCCC1c1nnc2n1CCCCC2)NCc1ccc(F)cc1. The summed E-state index contributed by atoms with van der Waals surface area (Å²) in [7, 11) is 0. The third-order valence-electron chi connectivity index (χ3n) is 5.78. The van der Waals surface area contributed by atoms with Crippen molar-refractivity contribution in [3.05, 3.63) is 47.3 Å². The van der Waals surface area contributed by atoms with Gasteiger partial charge in [-0.1, -0.05) is 18.6 Å². The maximum Gasteiger partial charge on any atom is 0.315 e. The van der Waals surface area contributed by atoms with Gasteiger partial charge in [0.2, 0.25) is 5.91 Å². The first kappa shape index (κ1) is 20.3. The first-order chi connectivity index (χ1) is 14.6. The van der Waals surface area contributed by atoms with Crippen LogP contribution in [0.5, 0.6) is 0 Å². The molecule has 0 aliphatic carbocycles. The molecule has 1 atom stereocenters. The summed E-state index contributed by atoms with van der Waals surface area (Å²) in [5.74, 6) is 1.44. The molecule has 3 heterocycles. The van der Waals surface area contributed by atoms with Gasteiger partial charge in [0.05, 0.1) is 12.6 Å². The molecule has 1 fully saturated rings. The lowest BCUT2D eigenvalue weighted by Gasteiger charge is -2.25.